The summed E-state index contributed by atoms with van der Waals surface area (Å²) in [4.78, 5) is 20.6. The third-order valence-corrected chi connectivity index (χ3v) is 1.82. The van der Waals surface area contributed by atoms with Crippen molar-refractivity contribution in [3.63, 3.8) is 0 Å². The van der Waals surface area contributed by atoms with Crippen LogP contribution in [-0.2, 0) is 9.59 Å². The topological polar surface area (TPSA) is 140 Å². The molecule has 0 fully saturated rings. The first kappa shape index (κ1) is 14.4. The van der Waals surface area contributed by atoms with Gasteiger partial charge in [0.2, 0.25) is 0 Å². The molecule has 13 heavy (non-hydrogen) atoms. The van der Waals surface area contributed by atoms with Gasteiger partial charge in [-0.1, -0.05) is 6.92 Å². The molecule has 6 heteroatoms. The lowest BCUT2D eigenvalue weighted by Crippen LogP contribution is -2.55. The molecule has 0 rings (SSSR count). The highest BCUT2D eigenvalue weighted by Gasteiger charge is 2.24. The largest absolute Gasteiger partial charge is 0.548 e. The minimum absolute atomic E-state index is 0. The van der Waals surface area contributed by atoms with Crippen LogP contribution in [0.3, 0.4) is 0 Å². The number of quaternary nitrogens is 1. The molecule has 0 spiro atoms. The first-order chi connectivity index (χ1) is 5.42. The highest BCUT2D eigenvalue weighted by molar-refractivity contribution is 5.77. The number of hydrogen-bond donors (Lipinski definition) is 3. The maximum Gasteiger partial charge on any atom is 0.303 e. The van der Waals surface area contributed by atoms with Crippen molar-refractivity contribution in [1.82, 2.24) is 6.15 Å². The summed E-state index contributed by atoms with van der Waals surface area (Å²) < 4.78 is 0. The van der Waals surface area contributed by atoms with E-state index in [0.717, 1.165) is 0 Å². The predicted molar refractivity (Wildman–Crippen MR) is 45.1 cm³/mol. The molecule has 1 atom stereocenters. The second-order valence-corrected chi connectivity index (χ2v) is 2.69. The van der Waals surface area contributed by atoms with Crippen LogP contribution in [-0.4, -0.2) is 22.6 Å². The monoisotopic (exact) mass is 192 g/mol. The highest BCUT2D eigenvalue weighted by Crippen LogP contribution is 2.12. The van der Waals surface area contributed by atoms with Crippen LogP contribution in [0.25, 0.3) is 0 Å². The zero-order valence-corrected chi connectivity index (χ0v) is 7.87. The summed E-state index contributed by atoms with van der Waals surface area (Å²) >= 11 is 0. The fourth-order valence-electron chi connectivity index (χ4n) is 0.753. The molecule has 6 nitrogen and oxygen atoms in total. The van der Waals surface area contributed by atoms with E-state index in [4.69, 9.17) is 10.8 Å². The molecule has 0 saturated carbocycles. The number of carboxylic acids is 2. The lowest BCUT2D eigenvalue weighted by atomic mass is 9.92. The number of aliphatic carboxylic acids is 2. The van der Waals surface area contributed by atoms with Gasteiger partial charge in [-0.15, -0.1) is 0 Å². The molecule has 0 aliphatic carbocycles. The molecule has 0 heterocycles. The molecule has 0 radical (unpaired) electrons. The Bertz CT molecular complexity index is 195. The third kappa shape index (κ3) is 4.44. The van der Waals surface area contributed by atoms with E-state index >= 15 is 0 Å². The molecule has 0 aromatic rings. The summed E-state index contributed by atoms with van der Waals surface area (Å²) in [6, 6.07) is 0. The van der Waals surface area contributed by atoms with Crippen molar-refractivity contribution in [2.24, 2.45) is 5.73 Å². The molecule has 0 bridgehead atoms. The second-order valence-electron chi connectivity index (χ2n) is 2.69. The first-order valence-corrected chi connectivity index (χ1v) is 3.64. The van der Waals surface area contributed by atoms with E-state index in [9.17, 15) is 14.7 Å². The standard InChI is InChI=1S/C7H13NO4.H3N/c1-2-7(8,6(11)12)4-3-5(9)10;/h2-4,8H2,1H3,(H,9,10)(H,11,12);1H3/t7-;/m0./s1. The van der Waals surface area contributed by atoms with Gasteiger partial charge in [0.25, 0.3) is 0 Å². The number of rotatable bonds is 5. The van der Waals surface area contributed by atoms with Crippen LogP contribution >= 0.6 is 0 Å². The average molecular weight is 192 g/mol. The molecule has 78 valence electrons. The smallest absolute Gasteiger partial charge is 0.303 e. The zero-order chi connectivity index (χ0) is 9.78. The van der Waals surface area contributed by atoms with Crippen molar-refractivity contribution >= 4 is 11.9 Å². The number of carbonyl (C=O) groups excluding carboxylic acids is 1. The van der Waals surface area contributed by atoms with Crippen molar-refractivity contribution in [1.29, 1.82) is 0 Å². The van der Waals surface area contributed by atoms with Crippen molar-refractivity contribution in [3.8, 4) is 0 Å². The van der Waals surface area contributed by atoms with Crippen LogP contribution in [0.2, 0.25) is 0 Å². The molecular weight excluding hydrogens is 176 g/mol. The lowest BCUT2D eigenvalue weighted by Gasteiger charge is -2.28. The quantitative estimate of drug-likeness (QED) is 0.517. The van der Waals surface area contributed by atoms with E-state index in [1.807, 2.05) is 0 Å². The van der Waals surface area contributed by atoms with Gasteiger partial charge in [0, 0.05) is 6.42 Å². The van der Waals surface area contributed by atoms with Gasteiger partial charge in [-0.2, -0.15) is 0 Å². The van der Waals surface area contributed by atoms with Crippen molar-refractivity contribution in [3.05, 3.63) is 0 Å². The van der Waals surface area contributed by atoms with Crippen LogP contribution in [0.1, 0.15) is 26.2 Å². The molecule has 0 aliphatic heterocycles. The van der Waals surface area contributed by atoms with E-state index < -0.39 is 17.5 Å². The van der Waals surface area contributed by atoms with E-state index in [1.165, 1.54) is 0 Å². The summed E-state index contributed by atoms with van der Waals surface area (Å²) in [5.74, 6) is -2.45. The molecule has 0 unspecified atom stereocenters. The van der Waals surface area contributed by atoms with E-state index in [0.29, 0.717) is 0 Å². The Hall–Kier alpha value is -1.14. The molecule has 0 amide bonds. The van der Waals surface area contributed by atoms with Crippen LogP contribution in [0.4, 0.5) is 0 Å². The summed E-state index contributed by atoms with van der Waals surface area (Å²) in [6.45, 7) is 1.58. The van der Waals surface area contributed by atoms with Gasteiger partial charge in [0.1, 0.15) is 0 Å². The molecule has 0 aromatic heterocycles. The Morgan fingerprint density at radius 2 is 2.00 bits per heavy atom. The maximum absolute atomic E-state index is 10.4. The second kappa shape index (κ2) is 5.50. The minimum Gasteiger partial charge on any atom is -0.548 e. The fraction of sp³-hybridized carbons (Fsp3) is 0.714. The predicted octanol–water partition coefficient (Wildman–Crippen LogP) is -0.915. The summed E-state index contributed by atoms with van der Waals surface area (Å²) in [7, 11) is 0. The summed E-state index contributed by atoms with van der Waals surface area (Å²) in [5.41, 5.74) is 3.86. The van der Waals surface area contributed by atoms with Crippen LogP contribution in [0.5, 0.6) is 0 Å². The molecule has 0 saturated heterocycles. The minimum atomic E-state index is -1.50. The summed E-state index contributed by atoms with van der Waals surface area (Å²) in [5, 5.41) is 18.7. The Morgan fingerprint density at radius 3 is 2.23 bits per heavy atom. The Balaban J connectivity index is 0. The number of nitrogens with two attached hydrogens (primary N) is 1. The Kier molecular flexibility index (Phi) is 6.08. The fourth-order valence-corrected chi connectivity index (χ4v) is 0.753. The van der Waals surface area contributed by atoms with Gasteiger partial charge in [0.05, 0.1) is 11.5 Å². The molecule has 7 N–H and O–H groups in total. The number of carbonyl (C=O) groups is 2. The molecular formula is C7H16N2O4. The van der Waals surface area contributed by atoms with E-state index in [1.54, 1.807) is 6.92 Å². The molecule has 0 aliphatic rings. The average Bonchev–Trinajstić information content (AvgIpc) is 1.99. The van der Waals surface area contributed by atoms with Gasteiger partial charge < -0.3 is 26.9 Å². The van der Waals surface area contributed by atoms with E-state index in [-0.39, 0.29) is 25.4 Å². The third-order valence-electron chi connectivity index (χ3n) is 1.82. The van der Waals surface area contributed by atoms with E-state index in [2.05, 4.69) is 0 Å². The SMILES string of the molecule is CC[C@](N)(CCC(=O)O)C(=O)[O-].[NH4+]. The van der Waals surface area contributed by atoms with Crippen molar-refractivity contribution < 1.29 is 19.8 Å². The lowest BCUT2D eigenvalue weighted by molar-refractivity contribution is -0.313. The normalized spacial score (nSPS) is 14.0. The van der Waals surface area contributed by atoms with Crippen LogP contribution in [0.15, 0.2) is 0 Å². The summed E-state index contributed by atoms with van der Waals surface area (Å²) in [6.07, 6.45) is -0.178. The Labute approximate surface area is 76.3 Å². The number of carboxylic acid groups (broad SMARTS) is 2. The Morgan fingerprint density at radius 1 is 1.54 bits per heavy atom. The number of hydrogen-bond acceptors (Lipinski definition) is 4. The van der Waals surface area contributed by atoms with Gasteiger partial charge in [-0.05, 0) is 12.8 Å². The van der Waals surface area contributed by atoms with Crippen molar-refractivity contribution in [2.45, 2.75) is 31.7 Å². The zero-order valence-electron chi connectivity index (χ0n) is 7.87. The van der Waals surface area contributed by atoms with Crippen molar-refractivity contribution in [2.75, 3.05) is 0 Å². The maximum atomic E-state index is 10.4. The van der Waals surface area contributed by atoms with Crippen LogP contribution < -0.4 is 17.0 Å². The van der Waals surface area contributed by atoms with Gasteiger partial charge in [-0.3, -0.25) is 4.79 Å². The first-order valence-electron chi connectivity index (χ1n) is 3.64. The molecule has 0 aromatic carbocycles. The van der Waals surface area contributed by atoms with Gasteiger partial charge in [0.15, 0.2) is 0 Å². The van der Waals surface area contributed by atoms with Gasteiger partial charge in [-0.25, -0.2) is 0 Å². The van der Waals surface area contributed by atoms with Gasteiger partial charge >= 0.3 is 5.97 Å². The van der Waals surface area contributed by atoms with Crippen LogP contribution in [0, 0.1) is 0 Å². The highest BCUT2D eigenvalue weighted by atomic mass is 16.4.